The van der Waals surface area contributed by atoms with Crippen molar-refractivity contribution in [2.75, 3.05) is 0 Å². The van der Waals surface area contributed by atoms with Gasteiger partial charge in [0.05, 0.1) is 0 Å². The molecule has 0 atom stereocenters. The molecule has 0 amide bonds. The van der Waals surface area contributed by atoms with Gasteiger partial charge in [-0.3, -0.25) is 4.79 Å². The zero-order valence-electron chi connectivity index (χ0n) is 6.85. The summed E-state index contributed by atoms with van der Waals surface area (Å²) in [5.41, 5.74) is 1.43. The minimum Gasteiger partial charge on any atom is -0.291 e. The summed E-state index contributed by atoms with van der Waals surface area (Å²) < 4.78 is 0.843. The first-order valence-corrected chi connectivity index (χ1v) is 5.27. The summed E-state index contributed by atoms with van der Waals surface area (Å²) in [4.78, 5) is 10.4. The third-order valence-corrected chi connectivity index (χ3v) is 2.55. The first-order valence-electron chi connectivity index (χ1n) is 3.61. The Balaban J connectivity index is 3.13. The van der Waals surface area contributed by atoms with Gasteiger partial charge in [-0.15, -0.1) is 0 Å². The second-order valence-electron chi connectivity index (χ2n) is 2.62. The molecule has 0 aliphatic rings. The third-order valence-electron chi connectivity index (χ3n) is 1.66. The molecule has 0 saturated heterocycles. The van der Waals surface area contributed by atoms with Gasteiger partial charge >= 0.3 is 0 Å². The largest absolute Gasteiger partial charge is 0.291 e. The quantitative estimate of drug-likeness (QED) is 0.596. The topological polar surface area (TPSA) is 17.1 Å². The fraction of sp³-hybridized carbons (Fsp3) is 0.222. The van der Waals surface area contributed by atoms with Crippen LogP contribution in [0.3, 0.4) is 0 Å². The van der Waals surface area contributed by atoms with Gasteiger partial charge in [0.1, 0.15) is 0 Å². The molecule has 70 valence electrons. The fourth-order valence-electron chi connectivity index (χ4n) is 0.977. The highest BCUT2D eigenvalue weighted by Crippen LogP contribution is 2.20. The second kappa shape index (κ2) is 4.45. The fourth-order valence-corrected chi connectivity index (χ4v) is 1.57. The van der Waals surface area contributed by atoms with E-state index in [9.17, 15) is 4.79 Å². The summed E-state index contributed by atoms with van der Waals surface area (Å²) in [6.45, 7) is 1.84. The van der Waals surface area contributed by atoms with Crippen molar-refractivity contribution in [2.24, 2.45) is 0 Å². The standard InChI is InChI=1S/C9H7BrCl2O/c1-5-2-3-6(10)4-7(5)8(13)9(11)12/h2-4,9H,1H3. The van der Waals surface area contributed by atoms with Crippen LogP contribution in [0.4, 0.5) is 0 Å². The summed E-state index contributed by atoms with van der Waals surface area (Å²) in [5.74, 6) is -0.262. The van der Waals surface area contributed by atoms with Crippen molar-refractivity contribution in [1.29, 1.82) is 0 Å². The van der Waals surface area contributed by atoms with Gasteiger partial charge in [0.2, 0.25) is 0 Å². The van der Waals surface area contributed by atoms with Crippen LogP contribution in [0.25, 0.3) is 0 Å². The third kappa shape index (κ3) is 2.70. The molecule has 0 spiro atoms. The number of ketones is 1. The molecule has 0 aliphatic carbocycles. The van der Waals surface area contributed by atoms with E-state index in [1.54, 1.807) is 6.07 Å². The first-order chi connectivity index (χ1) is 6.02. The number of Topliss-reactive ketones (excluding diaryl/α,β-unsaturated/α-hetero) is 1. The second-order valence-corrected chi connectivity index (χ2v) is 4.64. The van der Waals surface area contributed by atoms with Crippen LogP contribution >= 0.6 is 39.1 Å². The normalized spacial score (nSPS) is 10.5. The van der Waals surface area contributed by atoms with Crippen molar-refractivity contribution in [1.82, 2.24) is 0 Å². The van der Waals surface area contributed by atoms with E-state index in [4.69, 9.17) is 23.2 Å². The van der Waals surface area contributed by atoms with Gasteiger partial charge in [0.15, 0.2) is 10.6 Å². The van der Waals surface area contributed by atoms with Crippen molar-refractivity contribution >= 4 is 44.9 Å². The molecule has 13 heavy (non-hydrogen) atoms. The maximum Gasteiger partial charge on any atom is 0.195 e. The van der Waals surface area contributed by atoms with Gasteiger partial charge in [-0.05, 0) is 24.6 Å². The zero-order chi connectivity index (χ0) is 10.0. The van der Waals surface area contributed by atoms with Crippen LogP contribution in [-0.2, 0) is 0 Å². The minimum atomic E-state index is -0.993. The highest BCUT2D eigenvalue weighted by Gasteiger charge is 2.16. The van der Waals surface area contributed by atoms with Gasteiger partial charge in [-0.2, -0.15) is 0 Å². The van der Waals surface area contributed by atoms with Crippen molar-refractivity contribution in [3.63, 3.8) is 0 Å². The van der Waals surface area contributed by atoms with Crippen LogP contribution in [0.2, 0.25) is 0 Å². The molecular weight excluding hydrogens is 275 g/mol. The first kappa shape index (κ1) is 11.0. The number of hydrogen-bond donors (Lipinski definition) is 0. The van der Waals surface area contributed by atoms with E-state index >= 15 is 0 Å². The van der Waals surface area contributed by atoms with Gasteiger partial charge < -0.3 is 0 Å². The van der Waals surface area contributed by atoms with Crippen molar-refractivity contribution in [3.05, 3.63) is 33.8 Å². The molecule has 4 heteroatoms. The Hall–Kier alpha value is -0.0500. The van der Waals surface area contributed by atoms with Crippen LogP contribution in [0.5, 0.6) is 0 Å². The Morgan fingerprint density at radius 1 is 1.46 bits per heavy atom. The maximum atomic E-state index is 11.4. The summed E-state index contributed by atoms with van der Waals surface area (Å²) >= 11 is 14.3. The monoisotopic (exact) mass is 280 g/mol. The number of halogens is 3. The predicted molar refractivity (Wildman–Crippen MR) is 58.7 cm³/mol. The minimum absolute atomic E-state index is 0.262. The highest BCUT2D eigenvalue weighted by molar-refractivity contribution is 9.10. The lowest BCUT2D eigenvalue weighted by Gasteiger charge is -2.05. The summed E-state index contributed by atoms with van der Waals surface area (Å²) in [7, 11) is 0. The highest BCUT2D eigenvalue weighted by atomic mass is 79.9. The Morgan fingerprint density at radius 3 is 2.62 bits per heavy atom. The molecule has 1 rings (SSSR count). The molecule has 0 fully saturated rings. The van der Waals surface area contributed by atoms with E-state index in [-0.39, 0.29) is 5.78 Å². The van der Waals surface area contributed by atoms with Crippen LogP contribution in [-0.4, -0.2) is 10.6 Å². The van der Waals surface area contributed by atoms with E-state index in [1.807, 2.05) is 19.1 Å². The average Bonchev–Trinajstić information content (AvgIpc) is 2.08. The molecule has 0 N–H and O–H groups in total. The van der Waals surface area contributed by atoms with E-state index in [1.165, 1.54) is 0 Å². The van der Waals surface area contributed by atoms with Gasteiger partial charge in [0, 0.05) is 10.0 Å². The molecule has 1 aromatic rings. The molecule has 1 aromatic carbocycles. The average molecular weight is 282 g/mol. The van der Waals surface area contributed by atoms with Gasteiger partial charge in [-0.1, -0.05) is 45.2 Å². The molecule has 1 nitrogen and oxygen atoms in total. The van der Waals surface area contributed by atoms with Crippen LogP contribution in [0, 0.1) is 6.92 Å². The van der Waals surface area contributed by atoms with Gasteiger partial charge in [-0.25, -0.2) is 0 Å². The molecule has 0 aliphatic heterocycles. The molecular formula is C9H7BrCl2O. The number of alkyl halides is 2. The number of aryl methyl sites for hydroxylation is 1. The number of benzene rings is 1. The summed E-state index contributed by atoms with van der Waals surface area (Å²) in [5, 5.41) is 0. The van der Waals surface area contributed by atoms with Crippen molar-refractivity contribution in [3.8, 4) is 0 Å². The van der Waals surface area contributed by atoms with E-state index in [2.05, 4.69) is 15.9 Å². The van der Waals surface area contributed by atoms with Crippen LogP contribution < -0.4 is 0 Å². The summed E-state index contributed by atoms with van der Waals surface area (Å²) in [6.07, 6.45) is 0. The predicted octanol–water partition coefficient (Wildman–Crippen LogP) is 3.74. The maximum absolute atomic E-state index is 11.4. The van der Waals surface area contributed by atoms with Crippen LogP contribution in [0.15, 0.2) is 22.7 Å². The van der Waals surface area contributed by atoms with Gasteiger partial charge in [0.25, 0.3) is 0 Å². The Labute approximate surface area is 95.2 Å². The van der Waals surface area contributed by atoms with Crippen molar-refractivity contribution < 1.29 is 4.79 Å². The zero-order valence-corrected chi connectivity index (χ0v) is 9.95. The SMILES string of the molecule is Cc1ccc(Br)cc1C(=O)C(Cl)Cl. The number of carbonyl (C=O) groups excluding carboxylic acids is 1. The number of carbonyl (C=O) groups is 1. The number of hydrogen-bond acceptors (Lipinski definition) is 1. The molecule has 0 heterocycles. The van der Waals surface area contributed by atoms with E-state index in [0.29, 0.717) is 5.56 Å². The number of rotatable bonds is 2. The molecule has 0 radical (unpaired) electrons. The summed E-state index contributed by atoms with van der Waals surface area (Å²) in [6, 6.07) is 5.42. The van der Waals surface area contributed by atoms with E-state index in [0.717, 1.165) is 10.0 Å². The molecule has 0 saturated carbocycles. The molecule has 0 aromatic heterocycles. The Morgan fingerprint density at radius 2 is 2.08 bits per heavy atom. The molecule has 0 unspecified atom stereocenters. The lowest BCUT2D eigenvalue weighted by atomic mass is 10.1. The lowest BCUT2D eigenvalue weighted by Crippen LogP contribution is -2.09. The van der Waals surface area contributed by atoms with Crippen molar-refractivity contribution in [2.45, 2.75) is 11.8 Å². The lowest BCUT2D eigenvalue weighted by molar-refractivity contribution is 0.101. The molecule has 0 bridgehead atoms. The Kier molecular flexibility index (Phi) is 3.77. The Bertz CT molecular complexity index is 336. The van der Waals surface area contributed by atoms with E-state index < -0.39 is 4.84 Å². The van der Waals surface area contributed by atoms with Crippen LogP contribution in [0.1, 0.15) is 15.9 Å². The smallest absolute Gasteiger partial charge is 0.195 e.